The van der Waals surface area contributed by atoms with Gasteiger partial charge in [-0.1, -0.05) is 19.8 Å². The second-order valence-electron chi connectivity index (χ2n) is 7.57. The maximum atomic E-state index is 13.2. The number of nitrogens with one attached hydrogen (secondary N) is 1. The van der Waals surface area contributed by atoms with E-state index in [1.165, 1.54) is 23.1 Å². The van der Waals surface area contributed by atoms with E-state index >= 15 is 0 Å². The van der Waals surface area contributed by atoms with Crippen LogP contribution in [0.15, 0.2) is 18.2 Å². The number of amides is 3. The van der Waals surface area contributed by atoms with Gasteiger partial charge in [-0.3, -0.25) is 19.6 Å². The number of carbonyl (C=O) groups is 3. The van der Waals surface area contributed by atoms with Crippen LogP contribution in [0.3, 0.4) is 0 Å². The first-order valence-corrected chi connectivity index (χ1v) is 10.2. The minimum atomic E-state index is -3.75. The molecule has 0 saturated carbocycles. The zero-order valence-electron chi connectivity index (χ0n) is 17.1. The van der Waals surface area contributed by atoms with Crippen LogP contribution in [-0.4, -0.2) is 58.8 Å². The van der Waals surface area contributed by atoms with Crippen LogP contribution in [0.2, 0.25) is 0 Å². The molecule has 2 atom stereocenters. The third-order valence-electron chi connectivity index (χ3n) is 5.29. The molecule has 1 aromatic carbocycles. The molecule has 9 nitrogen and oxygen atoms in total. The number of hydrogen-bond acceptors (Lipinski definition) is 6. The predicted octanol–water partition coefficient (Wildman–Crippen LogP) is 2.84. The molecule has 2 aliphatic heterocycles. The first-order valence-electron chi connectivity index (χ1n) is 10.2. The Hall–Kier alpha value is -2.95. The van der Waals surface area contributed by atoms with Crippen LogP contribution in [0.5, 0.6) is 11.5 Å². The van der Waals surface area contributed by atoms with Crippen molar-refractivity contribution in [1.82, 2.24) is 9.96 Å². The van der Waals surface area contributed by atoms with Crippen molar-refractivity contribution in [2.75, 3.05) is 18.4 Å². The van der Waals surface area contributed by atoms with Crippen LogP contribution < -0.4 is 14.8 Å². The van der Waals surface area contributed by atoms with E-state index in [4.69, 9.17) is 0 Å². The third-order valence-corrected chi connectivity index (χ3v) is 5.29. The summed E-state index contributed by atoms with van der Waals surface area (Å²) in [5.41, 5.74) is 0.231. The summed E-state index contributed by atoms with van der Waals surface area (Å²) in [7, 11) is 0. The van der Waals surface area contributed by atoms with Crippen molar-refractivity contribution in [3.8, 4) is 11.5 Å². The largest absolute Gasteiger partial charge is 0.586 e. The lowest BCUT2D eigenvalue weighted by molar-refractivity contribution is -0.286. The topological polar surface area (TPSA) is 108 Å². The molecule has 0 aromatic heterocycles. The van der Waals surface area contributed by atoms with Crippen molar-refractivity contribution in [3.63, 3.8) is 0 Å². The summed E-state index contributed by atoms with van der Waals surface area (Å²) in [4.78, 5) is 38.1. The Kier molecular flexibility index (Phi) is 6.94. The summed E-state index contributed by atoms with van der Waals surface area (Å²) in [6.07, 6.45) is -0.412. The van der Waals surface area contributed by atoms with E-state index in [-0.39, 0.29) is 37.5 Å². The molecule has 11 heteroatoms. The number of benzene rings is 1. The van der Waals surface area contributed by atoms with Gasteiger partial charge < -0.3 is 19.7 Å². The zero-order valence-corrected chi connectivity index (χ0v) is 17.1. The van der Waals surface area contributed by atoms with E-state index < -0.39 is 24.2 Å². The average molecular weight is 443 g/mol. The molecular weight excluding hydrogens is 416 g/mol. The smallest absolute Gasteiger partial charge is 0.395 e. The van der Waals surface area contributed by atoms with E-state index in [0.29, 0.717) is 30.9 Å². The Morgan fingerprint density at radius 1 is 1.42 bits per heavy atom. The summed E-state index contributed by atoms with van der Waals surface area (Å²) >= 11 is 0. The normalized spacial score (nSPS) is 19.7. The molecule has 0 bridgehead atoms. The van der Waals surface area contributed by atoms with Crippen molar-refractivity contribution < 1.29 is 39.3 Å². The van der Waals surface area contributed by atoms with Crippen LogP contribution >= 0.6 is 0 Å². The molecular formula is C20H27F2N3O6. The SMILES string of the molecule is CCCC[C@H](CN(O)C=O)C(=O)N1CCC[C@H]1C(=O)Nc1ccc2c(c1)OC(F)(F)O2.[HH]. The van der Waals surface area contributed by atoms with Crippen LogP contribution in [-0.2, 0) is 14.4 Å². The number of ether oxygens (including phenoxy) is 2. The number of halogens is 2. The summed E-state index contributed by atoms with van der Waals surface area (Å²) in [6, 6.07) is 3.15. The van der Waals surface area contributed by atoms with Crippen LogP contribution in [0.1, 0.15) is 40.5 Å². The first-order chi connectivity index (χ1) is 14.7. The maximum absolute atomic E-state index is 13.2. The van der Waals surface area contributed by atoms with Gasteiger partial charge in [0.15, 0.2) is 11.5 Å². The Bertz CT molecular complexity index is 844. The molecule has 1 fully saturated rings. The first kappa shape index (κ1) is 22.7. The highest BCUT2D eigenvalue weighted by molar-refractivity contribution is 5.98. The third kappa shape index (κ3) is 5.40. The van der Waals surface area contributed by atoms with Crippen LogP contribution in [0, 0.1) is 5.92 Å². The molecule has 172 valence electrons. The van der Waals surface area contributed by atoms with Gasteiger partial charge in [0.05, 0.1) is 12.5 Å². The highest BCUT2D eigenvalue weighted by atomic mass is 19.3. The number of hydroxylamine groups is 2. The number of rotatable bonds is 9. The second kappa shape index (κ2) is 9.46. The van der Waals surface area contributed by atoms with E-state index in [1.54, 1.807) is 0 Å². The molecule has 1 aromatic rings. The lowest BCUT2D eigenvalue weighted by Gasteiger charge is -2.29. The van der Waals surface area contributed by atoms with Gasteiger partial charge in [-0.2, -0.15) is 0 Å². The van der Waals surface area contributed by atoms with E-state index in [0.717, 1.165) is 12.8 Å². The molecule has 3 amide bonds. The molecule has 2 aliphatic rings. The average Bonchev–Trinajstić information content (AvgIpc) is 3.33. The summed E-state index contributed by atoms with van der Waals surface area (Å²) in [5, 5.41) is 12.6. The number of carbonyl (C=O) groups excluding carboxylic acids is 3. The number of fused-ring (bicyclic) bond motifs is 1. The van der Waals surface area contributed by atoms with Crippen LogP contribution in [0.25, 0.3) is 0 Å². The molecule has 2 N–H and O–H groups in total. The van der Waals surface area contributed by atoms with Crippen molar-refractivity contribution in [1.29, 1.82) is 0 Å². The Morgan fingerprint density at radius 3 is 2.87 bits per heavy atom. The van der Waals surface area contributed by atoms with Gasteiger partial charge >= 0.3 is 6.29 Å². The lowest BCUT2D eigenvalue weighted by atomic mass is 9.99. The summed E-state index contributed by atoms with van der Waals surface area (Å²) in [5.74, 6) is -1.72. The molecule has 0 unspecified atom stereocenters. The van der Waals surface area contributed by atoms with Crippen molar-refractivity contribution in [3.05, 3.63) is 18.2 Å². The number of nitrogens with zero attached hydrogens (tertiary/aromatic N) is 2. The van der Waals surface area contributed by atoms with Gasteiger partial charge in [-0.05, 0) is 31.4 Å². The molecule has 1 saturated heterocycles. The van der Waals surface area contributed by atoms with Crippen LogP contribution in [0.4, 0.5) is 14.5 Å². The summed E-state index contributed by atoms with van der Waals surface area (Å²) < 4.78 is 35.1. The summed E-state index contributed by atoms with van der Waals surface area (Å²) in [6.45, 7) is 2.19. The monoisotopic (exact) mass is 443 g/mol. The Balaban J connectivity index is 0.00000363. The standard InChI is InChI=1S/C20H25F2N3O6.H2/c1-2-3-5-13(11-24(29)12-26)19(28)25-9-4-6-15(25)18(27)23-14-7-8-16-17(10-14)31-20(21,22)30-16;/h7-8,10,12-13,15,29H,2-6,9,11H2,1H3,(H,23,27);1H/t13-,15+;/m1./s1. The highest BCUT2D eigenvalue weighted by Gasteiger charge is 2.43. The number of alkyl halides is 2. The fourth-order valence-corrected chi connectivity index (χ4v) is 3.80. The number of likely N-dealkylation sites (tertiary alicyclic amines) is 1. The fourth-order valence-electron chi connectivity index (χ4n) is 3.80. The highest BCUT2D eigenvalue weighted by Crippen LogP contribution is 2.42. The predicted molar refractivity (Wildman–Crippen MR) is 106 cm³/mol. The van der Waals surface area contributed by atoms with Gasteiger partial charge in [0.1, 0.15) is 6.04 Å². The number of unbranched alkanes of at least 4 members (excludes halogenated alkanes) is 1. The second-order valence-corrected chi connectivity index (χ2v) is 7.57. The van der Waals surface area contributed by atoms with E-state index in [9.17, 15) is 28.4 Å². The number of hydrogen-bond donors (Lipinski definition) is 2. The fraction of sp³-hybridized carbons (Fsp3) is 0.550. The quantitative estimate of drug-likeness (QED) is 0.345. The molecule has 31 heavy (non-hydrogen) atoms. The van der Waals surface area contributed by atoms with Crippen molar-refractivity contribution in [2.45, 2.75) is 51.4 Å². The molecule has 0 aliphatic carbocycles. The molecule has 0 spiro atoms. The van der Waals surface area contributed by atoms with Crippen molar-refractivity contribution in [2.24, 2.45) is 5.92 Å². The van der Waals surface area contributed by atoms with E-state index in [2.05, 4.69) is 14.8 Å². The van der Waals surface area contributed by atoms with Gasteiger partial charge in [-0.25, -0.2) is 5.06 Å². The van der Waals surface area contributed by atoms with E-state index in [1.807, 2.05) is 6.92 Å². The van der Waals surface area contributed by atoms with Gasteiger partial charge in [0.2, 0.25) is 18.2 Å². The maximum Gasteiger partial charge on any atom is 0.586 e. The van der Waals surface area contributed by atoms with Gasteiger partial charge in [0.25, 0.3) is 0 Å². The Morgan fingerprint density at radius 2 is 2.16 bits per heavy atom. The lowest BCUT2D eigenvalue weighted by Crippen LogP contribution is -2.47. The minimum Gasteiger partial charge on any atom is -0.395 e. The molecule has 3 rings (SSSR count). The van der Waals surface area contributed by atoms with Crippen molar-refractivity contribution >= 4 is 23.9 Å². The van der Waals surface area contributed by atoms with Gasteiger partial charge in [0, 0.05) is 19.7 Å². The zero-order chi connectivity index (χ0) is 22.6. The minimum absolute atomic E-state index is 0. The molecule has 0 radical (unpaired) electrons. The number of anilines is 1. The van der Waals surface area contributed by atoms with Gasteiger partial charge in [-0.15, -0.1) is 8.78 Å². The molecule has 2 heterocycles. The Labute approximate surface area is 179 Å².